The predicted octanol–water partition coefficient (Wildman–Crippen LogP) is 25.2. The molecule has 0 bridgehead atoms. The number of hydrogen-bond donors (Lipinski definition) is 7. The predicted molar refractivity (Wildman–Crippen MR) is 541 cm³/mol. The Balaban J connectivity index is 0.000000131. The molecule has 19 rings (SSSR count). The van der Waals surface area contributed by atoms with Crippen molar-refractivity contribution in [3.05, 3.63) is 179 Å². The van der Waals surface area contributed by atoms with Gasteiger partial charge in [-0.1, -0.05) is 113 Å². The summed E-state index contributed by atoms with van der Waals surface area (Å²) in [4.78, 5) is 105. The maximum atomic E-state index is 13.6. The molecule has 1 atom stereocenters. The largest absolute Gasteiger partial charge is 0.390 e. The summed E-state index contributed by atoms with van der Waals surface area (Å²) in [6.07, 6.45) is 19.7. The number of benzene rings is 7. The van der Waals surface area contributed by atoms with Crippen LogP contribution >= 0.6 is 0 Å². The zero-order chi connectivity index (χ0) is 97.7. The molecule has 0 unspecified atom stereocenters. The molecular formula is C108H137F2N19O7. The molecule has 6 aromatic heterocycles. The van der Waals surface area contributed by atoms with E-state index in [9.17, 15) is 42.7 Å². The highest BCUT2D eigenvalue weighted by molar-refractivity contribution is 5.98. The standard InChI is InChI=1S/C20H19FN4O.C18H22FN3O.2C18H25N3O.C17H23N3O2.C17H23N3O/c1-20(2,3)12-18(26)24-19-23-16-10-7-14(22-4)11-17(16)25(19)15-8-5-13(21)6-9-15;1-11-6-7-14-15(8-11)22(13-4-3-5-13)17(20-14)21-16(23)12-9-18(2,19)10-12;1-12-8-9-14-15(10-12)21(13-6-5-7-13)17(19-14)20-16(22)11-18(2,3)4;1-11(2)13(4)17(22)20-18-19-15-9-8-12(3)10-16(15)21(18)14-6-5-7-14;1-11-7-8-13-14(9-11)20(12-5-4-6-12)16(18-13)19-15(21)10-17(2,3)22;1-11(2)9-16(21)19-17-18-14-8-7-12(3)10-15(14)20(17)13-5-4-6-13/h5-11H,12H2,1-3H3,(H,23,24,26);6-8,12-13H,3-5,9-10H2,1-2H3,(H,20,21,23);8-10,13H,5-7,11H2,1-4H3,(H,19,20,22);8-11,13-14H,5-7H2,1-4H3,(H,19,20,22);7-9,12,22H,4-6,10H2,1-3H3,(H,18,19,21);7-8,10-11,13H,4-6,9H2,1-3H3,(H,18,19,21)/t;;;13-;;/m...0../s1. The number of fused-ring (bicyclic) bond motifs is 6. The SMILES string of the molecule is Cc1ccc2nc(NC(=O)C3CC(C)(F)C3)n(C3CCC3)c2c1.Cc1ccc2nc(NC(=O)CC(C)(C)C)n(C3CCC3)c2c1.Cc1ccc2nc(NC(=O)CC(C)(C)O)n(C3CCC3)c2c1.Cc1ccc2nc(NC(=O)CC(C)C)n(C3CCC3)c2c1.Cc1ccc2nc(NC(=O)[C@@H](C)C(C)C)n(C3CCC3)c2c1.[C-]#[N+]c1ccc2nc(NC(=O)CC(C)(C)C)n(-c3ccc(F)cc3)c2c1. The molecule has 6 saturated carbocycles. The number of carbonyl (C=O) groups is 6. The van der Waals surface area contributed by atoms with Gasteiger partial charge in [-0.05, 0) is 312 Å². The molecule has 6 aliphatic carbocycles. The van der Waals surface area contributed by atoms with Crippen molar-refractivity contribution in [1.82, 2.24) is 57.3 Å². The van der Waals surface area contributed by atoms with Crippen LogP contribution in [0.25, 0.3) is 76.7 Å². The fraction of sp³-hybridized carbons (Fsp3) is 0.491. The molecule has 6 heterocycles. The number of aromatic nitrogens is 12. The Morgan fingerprint density at radius 1 is 0.419 bits per heavy atom. The van der Waals surface area contributed by atoms with Crippen LogP contribution in [0.3, 0.4) is 0 Å². The lowest BCUT2D eigenvalue weighted by Gasteiger charge is -2.37. The third-order valence-electron chi connectivity index (χ3n) is 26.4. The molecule has 13 aromatic rings. The van der Waals surface area contributed by atoms with Gasteiger partial charge in [0.2, 0.25) is 71.1 Å². The van der Waals surface area contributed by atoms with Gasteiger partial charge in [-0.15, -0.1) is 0 Å². The molecule has 0 aliphatic heterocycles. The summed E-state index contributed by atoms with van der Waals surface area (Å²) in [6, 6.07) is 44.4. The first kappa shape index (κ1) is 99.5. The van der Waals surface area contributed by atoms with Gasteiger partial charge in [0.25, 0.3) is 0 Å². The summed E-state index contributed by atoms with van der Waals surface area (Å²) in [6.45, 7) is 44.8. The van der Waals surface area contributed by atoms with Crippen molar-refractivity contribution in [3.63, 3.8) is 0 Å². The molecular weight excluding hydrogens is 1710 g/mol. The minimum atomic E-state index is -1.19. The second-order valence-corrected chi connectivity index (χ2v) is 42.7. The summed E-state index contributed by atoms with van der Waals surface area (Å²) < 4.78 is 39.7. The highest BCUT2D eigenvalue weighted by atomic mass is 19.1. The first-order chi connectivity index (χ1) is 64.4. The van der Waals surface area contributed by atoms with Gasteiger partial charge in [-0.3, -0.25) is 65.2 Å². The van der Waals surface area contributed by atoms with Crippen LogP contribution in [0.5, 0.6) is 0 Å². The highest BCUT2D eigenvalue weighted by Gasteiger charge is 2.45. The van der Waals surface area contributed by atoms with Crippen molar-refractivity contribution < 1.29 is 42.7 Å². The van der Waals surface area contributed by atoms with Gasteiger partial charge in [-0.2, -0.15) is 0 Å². The van der Waals surface area contributed by atoms with E-state index in [1.54, 1.807) is 55.7 Å². The van der Waals surface area contributed by atoms with E-state index in [1.807, 2.05) is 70.2 Å². The van der Waals surface area contributed by atoms with Crippen molar-refractivity contribution >= 4 is 143 Å². The molecule has 720 valence electrons. The third-order valence-corrected chi connectivity index (χ3v) is 26.4. The average Bonchev–Trinajstić information content (AvgIpc) is 1.64. The van der Waals surface area contributed by atoms with E-state index in [1.165, 1.54) is 111 Å². The topological polar surface area (TPSA) is 306 Å². The van der Waals surface area contributed by atoms with Gasteiger partial charge in [0.1, 0.15) is 11.5 Å². The smallest absolute Gasteiger partial charge is 0.230 e. The van der Waals surface area contributed by atoms with Crippen molar-refractivity contribution in [2.45, 2.75) is 308 Å². The van der Waals surface area contributed by atoms with Crippen LogP contribution in [-0.2, 0) is 28.8 Å². The Kier molecular flexibility index (Phi) is 30.4. The fourth-order valence-corrected chi connectivity index (χ4v) is 17.9. The number of anilines is 6. The van der Waals surface area contributed by atoms with Crippen molar-refractivity contribution in [2.24, 2.45) is 34.5 Å². The van der Waals surface area contributed by atoms with Crippen LogP contribution in [0, 0.1) is 81.5 Å². The van der Waals surface area contributed by atoms with Gasteiger partial charge in [-0.25, -0.2) is 43.5 Å². The van der Waals surface area contributed by atoms with E-state index in [-0.39, 0.29) is 70.3 Å². The minimum Gasteiger partial charge on any atom is -0.390 e. The number of rotatable bonds is 21. The number of nitrogens with one attached hydrogen (secondary N) is 6. The van der Waals surface area contributed by atoms with Crippen LogP contribution in [0.2, 0.25) is 0 Å². The van der Waals surface area contributed by atoms with E-state index in [0.29, 0.717) is 132 Å². The molecule has 7 N–H and O–H groups in total. The summed E-state index contributed by atoms with van der Waals surface area (Å²) in [5.74, 6) is 3.46. The maximum Gasteiger partial charge on any atom is 0.230 e. The number of aliphatic hydroxyl groups is 1. The van der Waals surface area contributed by atoms with E-state index in [4.69, 9.17) is 6.57 Å². The lowest BCUT2D eigenvalue weighted by molar-refractivity contribution is -0.128. The second kappa shape index (κ2) is 41.6. The lowest BCUT2D eigenvalue weighted by atomic mass is 9.73. The van der Waals surface area contributed by atoms with Gasteiger partial charge in [0.15, 0.2) is 5.69 Å². The van der Waals surface area contributed by atoms with Crippen molar-refractivity contribution in [3.8, 4) is 5.69 Å². The monoisotopic (exact) mass is 1850 g/mol. The number of halogens is 2. The van der Waals surface area contributed by atoms with Crippen molar-refractivity contribution in [1.29, 1.82) is 0 Å². The first-order valence-electron chi connectivity index (χ1n) is 48.7. The van der Waals surface area contributed by atoms with E-state index < -0.39 is 11.3 Å². The fourth-order valence-electron chi connectivity index (χ4n) is 17.9. The summed E-state index contributed by atoms with van der Waals surface area (Å²) >= 11 is 0. The van der Waals surface area contributed by atoms with Crippen LogP contribution < -0.4 is 31.9 Å². The Morgan fingerprint density at radius 2 is 0.721 bits per heavy atom. The normalized spacial score (nSPS) is 17.0. The molecule has 6 fully saturated rings. The van der Waals surface area contributed by atoms with E-state index in [0.717, 1.165) is 80.9 Å². The van der Waals surface area contributed by atoms with Gasteiger partial charge >= 0.3 is 0 Å². The molecule has 0 saturated heterocycles. The number of imidazole rings is 6. The Labute approximate surface area is 797 Å². The average molecular weight is 1850 g/mol. The zero-order valence-corrected chi connectivity index (χ0v) is 82.7. The molecule has 6 aliphatic rings. The Bertz CT molecular complexity index is 6460. The molecule has 0 radical (unpaired) electrons. The number of nitrogens with zero attached hydrogens (tertiary/aromatic N) is 13. The number of alkyl halides is 1. The minimum absolute atomic E-state index is 0.0172. The summed E-state index contributed by atoms with van der Waals surface area (Å²) in [5.41, 5.74) is 16.3. The summed E-state index contributed by atoms with van der Waals surface area (Å²) in [7, 11) is 0. The zero-order valence-electron chi connectivity index (χ0n) is 82.7. The van der Waals surface area contributed by atoms with Crippen LogP contribution in [0.1, 0.15) is 290 Å². The second-order valence-electron chi connectivity index (χ2n) is 42.7. The lowest BCUT2D eigenvalue weighted by Crippen LogP contribution is -2.43. The molecule has 28 heteroatoms. The van der Waals surface area contributed by atoms with Gasteiger partial charge < -0.3 is 27.9 Å². The molecule has 7 aromatic carbocycles. The Hall–Kier alpha value is -12.5. The maximum absolute atomic E-state index is 13.6. The molecule has 136 heavy (non-hydrogen) atoms. The molecule has 26 nitrogen and oxygen atoms in total. The van der Waals surface area contributed by atoms with Gasteiger partial charge in [0.05, 0.1) is 84.8 Å². The van der Waals surface area contributed by atoms with E-state index >= 15 is 0 Å². The number of amides is 6. The van der Waals surface area contributed by atoms with Gasteiger partial charge in [0, 0.05) is 67.0 Å². The third kappa shape index (κ3) is 24.5. The number of carbonyl (C=O) groups excluding carboxylic acids is 6. The number of aryl methyl sites for hydroxylation is 5. The molecule has 0 spiro atoms. The molecule has 6 amide bonds. The van der Waals surface area contributed by atoms with Crippen molar-refractivity contribution in [2.75, 3.05) is 31.9 Å². The highest BCUT2D eigenvalue weighted by Crippen LogP contribution is 2.46. The Morgan fingerprint density at radius 3 is 1.02 bits per heavy atom. The number of hydrogen-bond acceptors (Lipinski definition) is 13. The van der Waals surface area contributed by atoms with Crippen LogP contribution in [-0.4, -0.2) is 109 Å². The first-order valence-corrected chi connectivity index (χ1v) is 48.7. The quantitative estimate of drug-likeness (QED) is 0.0330. The van der Waals surface area contributed by atoms with E-state index in [2.05, 4.69) is 221 Å². The van der Waals surface area contributed by atoms with Crippen LogP contribution in [0.4, 0.5) is 50.2 Å². The summed E-state index contributed by atoms with van der Waals surface area (Å²) in [5, 5.41) is 27.6. The van der Waals surface area contributed by atoms with Crippen LogP contribution in [0.15, 0.2) is 133 Å².